The molecule has 0 saturated carbocycles. The highest BCUT2D eigenvalue weighted by Gasteiger charge is 2.07. The van der Waals surface area contributed by atoms with Gasteiger partial charge in [-0.3, -0.25) is 0 Å². The molecule has 0 unspecified atom stereocenters. The Morgan fingerprint density at radius 1 is 1.58 bits per heavy atom. The van der Waals surface area contributed by atoms with Crippen LogP contribution in [-0.4, -0.2) is 5.11 Å². The van der Waals surface area contributed by atoms with E-state index in [1.165, 1.54) is 0 Å². The molecule has 12 heavy (non-hydrogen) atoms. The fourth-order valence-electron chi connectivity index (χ4n) is 0.922. The molecule has 0 aliphatic rings. The molecule has 0 aliphatic heterocycles. The number of allylic oxidation sites excluding steroid dienone is 1. The smallest absolute Gasteiger partial charge is 0.138 e. The Morgan fingerprint density at radius 3 is 2.83 bits per heavy atom. The number of benzene rings is 1. The highest BCUT2D eigenvalue weighted by atomic mass is 79.9. The normalized spacial score (nSPS) is 9.83. The van der Waals surface area contributed by atoms with Gasteiger partial charge in [-0.2, -0.15) is 0 Å². The van der Waals surface area contributed by atoms with Gasteiger partial charge in [0.05, 0.1) is 5.02 Å². The standard InChI is InChI=1S/C9H8BrClO/c1-2-3-6-7(10)4-5-8(11)9(6)12/h2,4-5,12H,1,3H2. The van der Waals surface area contributed by atoms with Crippen LogP contribution in [0.4, 0.5) is 0 Å². The van der Waals surface area contributed by atoms with E-state index >= 15 is 0 Å². The highest BCUT2D eigenvalue weighted by Crippen LogP contribution is 2.33. The largest absolute Gasteiger partial charge is 0.506 e. The molecule has 3 heteroatoms. The lowest BCUT2D eigenvalue weighted by molar-refractivity contribution is 0.469. The quantitative estimate of drug-likeness (QED) is 0.793. The molecule has 0 spiro atoms. The molecule has 0 fully saturated rings. The van der Waals surface area contributed by atoms with Gasteiger partial charge in [-0.25, -0.2) is 0 Å². The molecule has 0 radical (unpaired) electrons. The zero-order chi connectivity index (χ0) is 9.14. The Labute approximate surface area is 84.8 Å². The van der Waals surface area contributed by atoms with Crippen molar-refractivity contribution in [3.05, 3.63) is 39.8 Å². The van der Waals surface area contributed by atoms with Crippen LogP contribution >= 0.6 is 27.5 Å². The zero-order valence-electron chi connectivity index (χ0n) is 6.35. The van der Waals surface area contributed by atoms with Crippen LogP contribution in [0.3, 0.4) is 0 Å². The van der Waals surface area contributed by atoms with Crippen molar-refractivity contribution in [3.63, 3.8) is 0 Å². The lowest BCUT2D eigenvalue weighted by Gasteiger charge is -2.05. The van der Waals surface area contributed by atoms with E-state index in [2.05, 4.69) is 22.5 Å². The minimum atomic E-state index is 0.131. The van der Waals surface area contributed by atoms with E-state index in [-0.39, 0.29) is 5.75 Å². The van der Waals surface area contributed by atoms with Crippen LogP contribution in [0, 0.1) is 0 Å². The second kappa shape index (κ2) is 3.97. The van der Waals surface area contributed by atoms with Gasteiger partial charge < -0.3 is 5.11 Å². The van der Waals surface area contributed by atoms with E-state index in [0.29, 0.717) is 11.4 Å². The maximum atomic E-state index is 9.50. The Bertz CT molecular complexity index is 310. The van der Waals surface area contributed by atoms with Gasteiger partial charge in [-0.1, -0.05) is 33.6 Å². The van der Waals surface area contributed by atoms with E-state index in [1.54, 1.807) is 18.2 Å². The Balaban J connectivity index is 3.22. The molecule has 1 aromatic rings. The lowest BCUT2D eigenvalue weighted by Crippen LogP contribution is -1.85. The van der Waals surface area contributed by atoms with Gasteiger partial charge in [-0.15, -0.1) is 6.58 Å². The molecule has 1 rings (SSSR count). The number of halogens is 2. The monoisotopic (exact) mass is 246 g/mol. The summed E-state index contributed by atoms with van der Waals surface area (Å²) in [5, 5.41) is 9.87. The molecule has 0 saturated heterocycles. The predicted octanol–water partition coefficient (Wildman–Crippen LogP) is 3.54. The number of hydrogen-bond acceptors (Lipinski definition) is 1. The number of phenols is 1. The van der Waals surface area contributed by atoms with Gasteiger partial charge >= 0.3 is 0 Å². The van der Waals surface area contributed by atoms with Crippen LogP contribution in [0.2, 0.25) is 5.02 Å². The first-order valence-corrected chi connectivity index (χ1v) is 4.60. The minimum absolute atomic E-state index is 0.131. The van der Waals surface area contributed by atoms with Crippen LogP contribution in [0.15, 0.2) is 29.3 Å². The van der Waals surface area contributed by atoms with Gasteiger partial charge in [0.15, 0.2) is 0 Å². The number of aromatic hydroxyl groups is 1. The van der Waals surface area contributed by atoms with E-state index < -0.39 is 0 Å². The first-order valence-electron chi connectivity index (χ1n) is 3.43. The van der Waals surface area contributed by atoms with Gasteiger partial charge in [0.2, 0.25) is 0 Å². The number of hydrogen-bond donors (Lipinski definition) is 1. The summed E-state index contributed by atoms with van der Waals surface area (Å²) in [6.07, 6.45) is 2.32. The molecule has 0 amide bonds. The first kappa shape index (κ1) is 9.62. The summed E-state index contributed by atoms with van der Waals surface area (Å²) >= 11 is 9.03. The van der Waals surface area contributed by atoms with Crippen LogP contribution in [-0.2, 0) is 6.42 Å². The van der Waals surface area contributed by atoms with Crippen LogP contribution in [0.5, 0.6) is 5.75 Å². The summed E-state index contributed by atoms with van der Waals surface area (Å²) < 4.78 is 0.851. The maximum absolute atomic E-state index is 9.50. The van der Waals surface area contributed by atoms with Crippen molar-refractivity contribution >= 4 is 27.5 Å². The van der Waals surface area contributed by atoms with Crippen molar-refractivity contribution < 1.29 is 5.11 Å². The molecular formula is C9H8BrClO. The molecule has 0 atom stereocenters. The third-order valence-electron chi connectivity index (χ3n) is 1.52. The van der Waals surface area contributed by atoms with E-state index in [4.69, 9.17) is 11.6 Å². The minimum Gasteiger partial charge on any atom is -0.506 e. The van der Waals surface area contributed by atoms with E-state index in [1.807, 2.05) is 0 Å². The van der Waals surface area contributed by atoms with Gasteiger partial charge in [-0.05, 0) is 18.6 Å². The van der Waals surface area contributed by atoms with Crippen molar-refractivity contribution in [1.29, 1.82) is 0 Å². The van der Waals surface area contributed by atoms with Gasteiger partial charge in [0.1, 0.15) is 5.75 Å². The first-order chi connectivity index (χ1) is 5.66. The second-order valence-corrected chi connectivity index (χ2v) is 3.61. The molecule has 1 aromatic carbocycles. The second-order valence-electron chi connectivity index (χ2n) is 2.35. The fourth-order valence-corrected chi connectivity index (χ4v) is 1.58. The van der Waals surface area contributed by atoms with Crippen LogP contribution < -0.4 is 0 Å². The topological polar surface area (TPSA) is 20.2 Å². The Hall–Kier alpha value is -0.470. The summed E-state index contributed by atoms with van der Waals surface area (Å²) in [5.41, 5.74) is 0.775. The molecule has 1 nitrogen and oxygen atoms in total. The van der Waals surface area contributed by atoms with E-state index in [0.717, 1.165) is 10.0 Å². The van der Waals surface area contributed by atoms with Crippen molar-refractivity contribution in [2.75, 3.05) is 0 Å². The Morgan fingerprint density at radius 2 is 2.25 bits per heavy atom. The predicted molar refractivity (Wildman–Crippen MR) is 54.7 cm³/mol. The third kappa shape index (κ3) is 1.82. The fraction of sp³-hybridized carbons (Fsp3) is 0.111. The highest BCUT2D eigenvalue weighted by molar-refractivity contribution is 9.10. The zero-order valence-corrected chi connectivity index (χ0v) is 8.69. The molecule has 0 aliphatic carbocycles. The molecule has 0 bridgehead atoms. The maximum Gasteiger partial charge on any atom is 0.138 e. The average Bonchev–Trinajstić information content (AvgIpc) is 2.06. The van der Waals surface area contributed by atoms with Gasteiger partial charge in [0, 0.05) is 10.0 Å². The van der Waals surface area contributed by atoms with Crippen LogP contribution in [0.25, 0.3) is 0 Å². The van der Waals surface area contributed by atoms with E-state index in [9.17, 15) is 5.11 Å². The summed E-state index contributed by atoms with van der Waals surface area (Å²) in [7, 11) is 0. The Kier molecular flexibility index (Phi) is 3.18. The molecular weight excluding hydrogens is 239 g/mol. The van der Waals surface area contributed by atoms with Crippen molar-refractivity contribution in [1.82, 2.24) is 0 Å². The summed E-state index contributed by atoms with van der Waals surface area (Å²) in [5.74, 6) is 0.131. The van der Waals surface area contributed by atoms with Gasteiger partial charge in [0.25, 0.3) is 0 Å². The number of rotatable bonds is 2. The van der Waals surface area contributed by atoms with Crippen molar-refractivity contribution in [3.8, 4) is 5.75 Å². The SMILES string of the molecule is C=CCc1c(Br)ccc(Cl)c1O. The molecule has 0 aromatic heterocycles. The molecule has 1 N–H and O–H groups in total. The van der Waals surface area contributed by atoms with Crippen molar-refractivity contribution in [2.24, 2.45) is 0 Å². The summed E-state index contributed by atoms with van der Waals surface area (Å²) in [6, 6.07) is 3.45. The summed E-state index contributed by atoms with van der Waals surface area (Å²) in [6.45, 7) is 3.59. The molecule has 64 valence electrons. The van der Waals surface area contributed by atoms with Crippen molar-refractivity contribution in [2.45, 2.75) is 6.42 Å². The lowest BCUT2D eigenvalue weighted by atomic mass is 10.1. The third-order valence-corrected chi connectivity index (χ3v) is 2.57. The average molecular weight is 248 g/mol. The van der Waals surface area contributed by atoms with Crippen LogP contribution in [0.1, 0.15) is 5.56 Å². The number of phenolic OH excluding ortho intramolecular Hbond substituents is 1. The summed E-state index contributed by atoms with van der Waals surface area (Å²) in [4.78, 5) is 0. The molecule has 0 heterocycles.